The van der Waals surface area contributed by atoms with Crippen LogP contribution < -0.4 is 4.90 Å². The topological polar surface area (TPSA) is 33.2 Å². The summed E-state index contributed by atoms with van der Waals surface area (Å²) in [7, 11) is 1.75. The number of hydrogen-bond acceptors (Lipinski definition) is 3. The number of anilines is 1. The van der Waals surface area contributed by atoms with Gasteiger partial charge in [-0.2, -0.15) is 0 Å². The lowest BCUT2D eigenvalue weighted by atomic mass is 10.2. The highest BCUT2D eigenvalue weighted by Gasteiger charge is 2.24. The van der Waals surface area contributed by atoms with Crippen molar-refractivity contribution in [2.45, 2.75) is 9.79 Å². The van der Waals surface area contributed by atoms with Crippen LogP contribution in [-0.4, -0.2) is 17.9 Å². The molecule has 5 heteroatoms. The first kappa shape index (κ1) is 11.6. The zero-order valence-electron chi connectivity index (χ0n) is 9.55. The van der Waals surface area contributed by atoms with Crippen LogP contribution in [0.4, 0.5) is 5.69 Å². The molecule has 0 radical (unpaired) electrons. The molecular weight excluding hydrogens is 268 g/mol. The molecule has 0 saturated carbocycles. The molecule has 3 rings (SSSR count). The Morgan fingerprint density at radius 2 is 2.06 bits per heavy atom. The average Bonchev–Trinajstić information content (AvgIpc) is 2.47. The third kappa shape index (κ3) is 1.78. The van der Waals surface area contributed by atoms with Gasteiger partial charge in [-0.3, -0.25) is 4.79 Å². The number of carbonyl (C=O) groups excluding carboxylic acids is 1. The highest BCUT2D eigenvalue weighted by atomic mass is 35.5. The van der Waals surface area contributed by atoms with Crippen LogP contribution in [0.1, 0.15) is 10.4 Å². The summed E-state index contributed by atoms with van der Waals surface area (Å²) in [5.41, 5.74) is 1.49. The van der Waals surface area contributed by atoms with Crippen molar-refractivity contribution in [3.05, 3.63) is 47.2 Å². The lowest BCUT2D eigenvalue weighted by Gasteiger charge is -2.16. The maximum atomic E-state index is 12.3. The molecule has 0 atom stereocenters. The molecule has 0 fully saturated rings. The quantitative estimate of drug-likeness (QED) is 0.691. The van der Waals surface area contributed by atoms with Crippen molar-refractivity contribution in [3.63, 3.8) is 0 Å². The Kier molecular flexibility index (Phi) is 2.76. The van der Waals surface area contributed by atoms with E-state index in [0.717, 1.165) is 15.5 Å². The second-order valence-electron chi connectivity index (χ2n) is 3.94. The van der Waals surface area contributed by atoms with E-state index < -0.39 is 0 Å². The minimum atomic E-state index is -0.0269. The molecule has 1 aromatic carbocycles. The normalized spacial score (nSPS) is 13.9. The molecule has 0 N–H and O–H groups in total. The van der Waals surface area contributed by atoms with Gasteiger partial charge >= 0.3 is 0 Å². The smallest absolute Gasteiger partial charge is 0.259 e. The molecule has 90 valence electrons. The first-order valence-corrected chi connectivity index (χ1v) is 6.57. The summed E-state index contributed by atoms with van der Waals surface area (Å²) in [4.78, 5) is 19.9. The number of nitrogens with zero attached hydrogens (tertiary/aromatic N) is 2. The minimum Gasteiger partial charge on any atom is -0.309 e. The van der Waals surface area contributed by atoms with Gasteiger partial charge in [0.2, 0.25) is 0 Å². The van der Waals surface area contributed by atoms with Gasteiger partial charge in [0.15, 0.2) is 0 Å². The summed E-state index contributed by atoms with van der Waals surface area (Å²) >= 11 is 7.45. The summed E-state index contributed by atoms with van der Waals surface area (Å²) < 4.78 is 0. The highest BCUT2D eigenvalue weighted by Crippen LogP contribution is 2.41. The van der Waals surface area contributed by atoms with Crippen molar-refractivity contribution in [2.75, 3.05) is 11.9 Å². The van der Waals surface area contributed by atoms with Crippen molar-refractivity contribution < 1.29 is 4.79 Å². The zero-order chi connectivity index (χ0) is 12.7. The lowest BCUT2D eigenvalue weighted by molar-refractivity contribution is 0.0990. The molecule has 0 unspecified atom stereocenters. The Morgan fingerprint density at radius 3 is 2.89 bits per heavy atom. The first-order valence-electron chi connectivity index (χ1n) is 5.37. The zero-order valence-corrected chi connectivity index (χ0v) is 11.1. The molecule has 0 spiro atoms. The van der Waals surface area contributed by atoms with Crippen LogP contribution in [0.5, 0.6) is 0 Å². The van der Waals surface area contributed by atoms with Crippen LogP contribution in [0.15, 0.2) is 46.3 Å². The molecular formula is C13H9ClN2OS. The van der Waals surface area contributed by atoms with Crippen LogP contribution in [0.25, 0.3) is 0 Å². The van der Waals surface area contributed by atoms with E-state index in [1.54, 1.807) is 24.2 Å². The van der Waals surface area contributed by atoms with Crippen molar-refractivity contribution in [3.8, 4) is 0 Å². The number of aromatic nitrogens is 1. The fraction of sp³-hybridized carbons (Fsp3) is 0.0769. The summed E-state index contributed by atoms with van der Waals surface area (Å²) in [5, 5.41) is 0.432. The molecule has 0 aliphatic carbocycles. The maximum absolute atomic E-state index is 12.3. The standard InChI is InChI=1S/C13H9ClN2OS/c1-16-9-7-15-12(14)6-11(9)18-10-5-3-2-4-8(10)13(16)17/h2-7H,1H3. The molecule has 2 aromatic rings. The summed E-state index contributed by atoms with van der Waals surface area (Å²) in [6.07, 6.45) is 1.63. The second kappa shape index (κ2) is 4.30. The van der Waals surface area contributed by atoms with E-state index in [2.05, 4.69) is 4.98 Å². The minimum absolute atomic E-state index is 0.0269. The maximum Gasteiger partial charge on any atom is 0.259 e. The fourth-order valence-corrected chi connectivity index (χ4v) is 3.22. The number of carbonyl (C=O) groups is 1. The number of amides is 1. The Balaban J connectivity index is 2.24. The first-order chi connectivity index (χ1) is 8.66. The van der Waals surface area contributed by atoms with E-state index in [0.29, 0.717) is 10.7 Å². The SMILES string of the molecule is CN1C(=O)c2ccccc2Sc2cc(Cl)ncc21. The Bertz CT molecular complexity index is 645. The van der Waals surface area contributed by atoms with E-state index in [1.807, 2.05) is 24.3 Å². The van der Waals surface area contributed by atoms with Crippen molar-refractivity contribution in [1.82, 2.24) is 4.98 Å². The van der Waals surface area contributed by atoms with Crippen LogP contribution >= 0.6 is 23.4 Å². The second-order valence-corrected chi connectivity index (χ2v) is 5.41. The van der Waals surface area contributed by atoms with E-state index in [9.17, 15) is 4.79 Å². The number of benzene rings is 1. The monoisotopic (exact) mass is 276 g/mol. The van der Waals surface area contributed by atoms with Crippen LogP contribution in [-0.2, 0) is 0 Å². The number of hydrogen-bond donors (Lipinski definition) is 0. The summed E-state index contributed by atoms with van der Waals surface area (Å²) in [6, 6.07) is 9.35. The largest absolute Gasteiger partial charge is 0.309 e. The van der Waals surface area contributed by atoms with Crippen molar-refractivity contribution in [2.24, 2.45) is 0 Å². The van der Waals surface area contributed by atoms with Gasteiger partial charge in [-0.05, 0) is 18.2 Å². The fourth-order valence-electron chi connectivity index (χ4n) is 1.88. The lowest BCUT2D eigenvalue weighted by Crippen LogP contribution is -2.26. The average molecular weight is 277 g/mol. The molecule has 2 heterocycles. The van der Waals surface area contributed by atoms with Gasteiger partial charge in [-0.25, -0.2) is 4.98 Å². The van der Waals surface area contributed by atoms with Gasteiger partial charge in [0.05, 0.1) is 17.4 Å². The van der Waals surface area contributed by atoms with Gasteiger partial charge in [-0.15, -0.1) is 0 Å². The predicted molar refractivity (Wildman–Crippen MR) is 72.5 cm³/mol. The Labute approximate surface area is 114 Å². The Morgan fingerprint density at radius 1 is 1.28 bits per heavy atom. The third-order valence-corrected chi connectivity index (χ3v) is 4.15. The predicted octanol–water partition coefficient (Wildman–Crippen LogP) is 3.48. The van der Waals surface area contributed by atoms with Crippen LogP contribution in [0, 0.1) is 0 Å². The molecule has 18 heavy (non-hydrogen) atoms. The molecule has 1 amide bonds. The molecule has 1 aromatic heterocycles. The van der Waals surface area contributed by atoms with Gasteiger partial charge in [0, 0.05) is 16.8 Å². The van der Waals surface area contributed by atoms with Gasteiger partial charge in [0.25, 0.3) is 5.91 Å². The van der Waals surface area contributed by atoms with E-state index in [1.165, 1.54) is 11.8 Å². The number of halogens is 1. The van der Waals surface area contributed by atoms with Crippen LogP contribution in [0.3, 0.4) is 0 Å². The van der Waals surface area contributed by atoms with Gasteiger partial charge in [-0.1, -0.05) is 35.5 Å². The van der Waals surface area contributed by atoms with Gasteiger partial charge in [0.1, 0.15) is 5.15 Å². The van der Waals surface area contributed by atoms with Crippen molar-refractivity contribution >= 4 is 35.0 Å². The molecule has 0 saturated heterocycles. The number of pyridine rings is 1. The van der Waals surface area contributed by atoms with E-state index >= 15 is 0 Å². The summed E-state index contributed by atoms with van der Waals surface area (Å²) in [6.45, 7) is 0. The third-order valence-electron chi connectivity index (χ3n) is 2.82. The molecule has 0 bridgehead atoms. The van der Waals surface area contributed by atoms with Crippen LogP contribution in [0.2, 0.25) is 5.15 Å². The number of rotatable bonds is 0. The Hall–Kier alpha value is -1.52. The summed E-state index contributed by atoms with van der Waals surface area (Å²) in [5.74, 6) is -0.0269. The van der Waals surface area contributed by atoms with Gasteiger partial charge < -0.3 is 4.90 Å². The van der Waals surface area contributed by atoms with Crippen molar-refractivity contribution in [1.29, 1.82) is 0 Å². The van der Waals surface area contributed by atoms with E-state index in [-0.39, 0.29) is 5.91 Å². The highest BCUT2D eigenvalue weighted by molar-refractivity contribution is 7.99. The molecule has 3 nitrogen and oxygen atoms in total. The number of fused-ring (bicyclic) bond motifs is 2. The molecule has 1 aliphatic rings. The molecule has 1 aliphatic heterocycles. The van der Waals surface area contributed by atoms with E-state index in [4.69, 9.17) is 11.6 Å².